The van der Waals surface area contributed by atoms with Crippen LogP contribution in [0.3, 0.4) is 0 Å². The first-order valence-corrected chi connectivity index (χ1v) is 8.11. The van der Waals surface area contributed by atoms with Gasteiger partial charge in [0.1, 0.15) is 5.02 Å². The zero-order chi connectivity index (χ0) is 15.5. The number of likely N-dealkylation sites (tertiary alicyclic amines) is 1. The second-order valence-corrected chi connectivity index (χ2v) is 6.41. The van der Waals surface area contributed by atoms with Crippen molar-refractivity contribution in [1.82, 2.24) is 15.1 Å². The molecule has 2 fully saturated rings. The Bertz CT molecular complexity index is 548. The van der Waals surface area contributed by atoms with Gasteiger partial charge in [-0.2, -0.15) is 0 Å². The zero-order valence-electron chi connectivity index (χ0n) is 12.5. The molecule has 1 atom stereocenters. The largest absolute Gasteiger partial charge is 0.314 e. The van der Waals surface area contributed by atoms with Crippen molar-refractivity contribution in [3.05, 3.63) is 38.9 Å². The lowest BCUT2D eigenvalue weighted by atomic mass is 10.2. The van der Waals surface area contributed by atoms with Crippen molar-refractivity contribution < 1.29 is 4.92 Å². The smallest absolute Gasteiger partial charge is 0.287 e. The molecule has 3 rings (SSSR count). The Morgan fingerprint density at radius 3 is 2.77 bits per heavy atom. The van der Waals surface area contributed by atoms with Gasteiger partial charge in [-0.15, -0.1) is 0 Å². The second-order valence-electron chi connectivity index (χ2n) is 6.01. The van der Waals surface area contributed by atoms with E-state index in [2.05, 4.69) is 15.1 Å². The summed E-state index contributed by atoms with van der Waals surface area (Å²) >= 11 is 5.98. The number of halogens is 1. The minimum Gasteiger partial charge on any atom is -0.314 e. The molecule has 0 saturated carbocycles. The minimum atomic E-state index is -0.442. The third-order valence-corrected chi connectivity index (χ3v) is 4.83. The molecule has 0 aromatic heterocycles. The summed E-state index contributed by atoms with van der Waals surface area (Å²) in [4.78, 5) is 15.3. The molecule has 1 unspecified atom stereocenters. The molecule has 2 aliphatic rings. The van der Waals surface area contributed by atoms with Gasteiger partial charge >= 0.3 is 0 Å². The van der Waals surface area contributed by atoms with Crippen LogP contribution in [-0.2, 0) is 6.54 Å². The number of rotatable bonds is 4. The van der Waals surface area contributed by atoms with Gasteiger partial charge in [0, 0.05) is 57.9 Å². The van der Waals surface area contributed by atoms with Crippen molar-refractivity contribution in [1.29, 1.82) is 0 Å². The number of benzene rings is 1. The molecule has 2 saturated heterocycles. The summed E-state index contributed by atoms with van der Waals surface area (Å²) in [5.41, 5.74) is 1.02. The van der Waals surface area contributed by atoms with Crippen LogP contribution in [-0.4, -0.2) is 60.0 Å². The van der Waals surface area contributed by atoms with Crippen LogP contribution in [0.4, 0.5) is 5.69 Å². The van der Waals surface area contributed by atoms with Crippen LogP contribution < -0.4 is 5.32 Å². The number of nitrogens with zero attached hydrogens (tertiary/aromatic N) is 3. The maximum atomic E-state index is 10.8. The molecular weight excluding hydrogens is 304 g/mol. The average Bonchev–Trinajstić information content (AvgIpc) is 2.96. The number of piperazine rings is 1. The molecule has 22 heavy (non-hydrogen) atoms. The Labute approximate surface area is 135 Å². The summed E-state index contributed by atoms with van der Waals surface area (Å²) in [7, 11) is 0. The van der Waals surface area contributed by atoms with Crippen molar-refractivity contribution in [2.24, 2.45) is 0 Å². The number of nitro benzene ring substituents is 1. The number of hydrogen-bond acceptors (Lipinski definition) is 5. The van der Waals surface area contributed by atoms with E-state index < -0.39 is 4.92 Å². The van der Waals surface area contributed by atoms with E-state index in [0.29, 0.717) is 6.04 Å². The predicted molar refractivity (Wildman–Crippen MR) is 86.2 cm³/mol. The molecule has 7 heteroatoms. The van der Waals surface area contributed by atoms with E-state index in [1.54, 1.807) is 6.07 Å². The van der Waals surface area contributed by atoms with Crippen LogP contribution in [0.25, 0.3) is 0 Å². The highest BCUT2D eigenvalue weighted by molar-refractivity contribution is 6.32. The van der Waals surface area contributed by atoms with Gasteiger partial charge in [-0.05, 0) is 18.1 Å². The van der Waals surface area contributed by atoms with Gasteiger partial charge in [0.25, 0.3) is 5.69 Å². The molecule has 0 bridgehead atoms. The van der Waals surface area contributed by atoms with E-state index in [1.807, 2.05) is 6.07 Å². The standard InChI is InChI=1S/C15H21ClN4O2/c16-14-9-12(1-2-15(14)20(21)22)10-18-6-3-13(11-18)19-7-4-17-5-8-19/h1-2,9,13,17H,3-8,10-11H2. The van der Waals surface area contributed by atoms with E-state index in [-0.39, 0.29) is 10.7 Å². The molecule has 0 radical (unpaired) electrons. The maximum Gasteiger partial charge on any atom is 0.287 e. The Kier molecular flexibility index (Phi) is 4.93. The Balaban J connectivity index is 1.58. The van der Waals surface area contributed by atoms with Gasteiger partial charge in [0.2, 0.25) is 0 Å². The van der Waals surface area contributed by atoms with E-state index in [0.717, 1.165) is 51.4 Å². The van der Waals surface area contributed by atoms with Crippen molar-refractivity contribution >= 4 is 17.3 Å². The van der Waals surface area contributed by atoms with Gasteiger partial charge in [0.05, 0.1) is 4.92 Å². The third kappa shape index (κ3) is 3.57. The van der Waals surface area contributed by atoms with E-state index >= 15 is 0 Å². The lowest BCUT2D eigenvalue weighted by Gasteiger charge is -2.32. The van der Waals surface area contributed by atoms with Crippen LogP contribution in [0.5, 0.6) is 0 Å². The van der Waals surface area contributed by atoms with Crippen molar-refractivity contribution in [2.75, 3.05) is 39.3 Å². The minimum absolute atomic E-state index is 0.0227. The van der Waals surface area contributed by atoms with Crippen LogP contribution in [0.15, 0.2) is 18.2 Å². The molecule has 120 valence electrons. The summed E-state index contributed by atoms with van der Waals surface area (Å²) < 4.78 is 0. The van der Waals surface area contributed by atoms with Crippen LogP contribution in [0.1, 0.15) is 12.0 Å². The predicted octanol–water partition coefficient (Wildman–Crippen LogP) is 1.73. The Morgan fingerprint density at radius 1 is 1.32 bits per heavy atom. The molecule has 0 spiro atoms. The topological polar surface area (TPSA) is 61.7 Å². The summed E-state index contributed by atoms with van der Waals surface area (Å²) in [6.45, 7) is 7.35. The summed E-state index contributed by atoms with van der Waals surface area (Å²) in [5.74, 6) is 0. The van der Waals surface area contributed by atoms with Crippen molar-refractivity contribution in [3.63, 3.8) is 0 Å². The third-order valence-electron chi connectivity index (χ3n) is 4.53. The molecule has 6 nitrogen and oxygen atoms in total. The Hall–Kier alpha value is -1.21. The van der Waals surface area contributed by atoms with Gasteiger partial charge in [0.15, 0.2) is 0 Å². The SMILES string of the molecule is O=[N+]([O-])c1ccc(CN2CCC(N3CCNCC3)C2)cc1Cl. The van der Waals surface area contributed by atoms with Gasteiger partial charge in [-0.25, -0.2) is 0 Å². The fourth-order valence-electron chi connectivity index (χ4n) is 3.36. The van der Waals surface area contributed by atoms with Crippen LogP contribution in [0.2, 0.25) is 5.02 Å². The first-order valence-electron chi connectivity index (χ1n) is 7.73. The highest BCUT2D eigenvalue weighted by Gasteiger charge is 2.28. The average molecular weight is 325 g/mol. The lowest BCUT2D eigenvalue weighted by Crippen LogP contribution is -2.49. The molecule has 2 heterocycles. The highest BCUT2D eigenvalue weighted by Crippen LogP contribution is 2.26. The van der Waals surface area contributed by atoms with E-state index in [4.69, 9.17) is 11.6 Å². The molecule has 1 aromatic rings. The van der Waals surface area contributed by atoms with E-state index in [9.17, 15) is 10.1 Å². The quantitative estimate of drug-likeness (QED) is 0.675. The number of nitro groups is 1. The molecule has 0 aliphatic carbocycles. The van der Waals surface area contributed by atoms with Gasteiger partial charge < -0.3 is 5.32 Å². The van der Waals surface area contributed by atoms with E-state index in [1.165, 1.54) is 12.5 Å². The molecule has 0 amide bonds. The summed E-state index contributed by atoms with van der Waals surface area (Å²) in [6.07, 6.45) is 1.20. The first-order chi connectivity index (χ1) is 10.6. The van der Waals surface area contributed by atoms with Crippen LogP contribution in [0, 0.1) is 10.1 Å². The fraction of sp³-hybridized carbons (Fsp3) is 0.600. The maximum absolute atomic E-state index is 10.8. The van der Waals surface area contributed by atoms with Crippen molar-refractivity contribution in [3.8, 4) is 0 Å². The van der Waals surface area contributed by atoms with Gasteiger partial charge in [-0.1, -0.05) is 17.7 Å². The lowest BCUT2D eigenvalue weighted by molar-refractivity contribution is -0.384. The monoisotopic (exact) mass is 324 g/mol. The number of hydrogen-bond donors (Lipinski definition) is 1. The molecular formula is C15H21ClN4O2. The normalized spacial score (nSPS) is 23.8. The van der Waals surface area contributed by atoms with Crippen molar-refractivity contribution in [2.45, 2.75) is 19.0 Å². The molecule has 1 aromatic carbocycles. The number of nitrogens with one attached hydrogen (secondary N) is 1. The van der Waals surface area contributed by atoms with Crippen LogP contribution >= 0.6 is 11.6 Å². The summed E-state index contributed by atoms with van der Waals surface area (Å²) in [6, 6.07) is 5.66. The summed E-state index contributed by atoms with van der Waals surface area (Å²) in [5, 5.41) is 14.4. The first kappa shape index (κ1) is 15.7. The molecule has 2 aliphatic heterocycles. The Morgan fingerprint density at radius 2 is 2.09 bits per heavy atom. The highest BCUT2D eigenvalue weighted by atomic mass is 35.5. The second kappa shape index (κ2) is 6.91. The molecule has 1 N–H and O–H groups in total. The zero-order valence-corrected chi connectivity index (χ0v) is 13.3. The fourth-order valence-corrected chi connectivity index (χ4v) is 3.63. The van der Waals surface area contributed by atoms with Gasteiger partial charge in [-0.3, -0.25) is 19.9 Å².